The second-order valence-electron chi connectivity index (χ2n) is 5.50. The summed E-state index contributed by atoms with van der Waals surface area (Å²) < 4.78 is 0. The van der Waals surface area contributed by atoms with Gasteiger partial charge in [-0.15, -0.1) is 11.3 Å². The van der Waals surface area contributed by atoms with E-state index in [9.17, 15) is 5.11 Å². The van der Waals surface area contributed by atoms with Crippen LogP contribution >= 0.6 is 11.3 Å². The largest absolute Gasteiger partial charge is 0.390 e. The van der Waals surface area contributed by atoms with Crippen molar-refractivity contribution in [3.05, 3.63) is 22.4 Å². The molecule has 90 valence electrons. The average molecular weight is 238 g/mol. The highest BCUT2D eigenvalue weighted by molar-refractivity contribution is 7.09. The van der Waals surface area contributed by atoms with Crippen LogP contribution in [0, 0.1) is 11.8 Å². The lowest BCUT2D eigenvalue weighted by Gasteiger charge is -2.39. The summed E-state index contributed by atoms with van der Waals surface area (Å²) in [7, 11) is 0. The van der Waals surface area contributed by atoms with Crippen LogP contribution in [0.1, 0.15) is 44.4 Å². The maximum absolute atomic E-state index is 10.6. The molecular formula is C14H22OS. The molecule has 16 heavy (non-hydrogen) atoms. The Morgan fingerprint density at radius 1 is 1.44 bits per heavy atom. The smallest absolute Gasteiger partial charge is 0.0654 e. The molecule has 0 saturated heterocycles. The standard InChI is InChI=1S/C14H22OS/c1-11-5-7-14(15,10-12(11)2)8-6-13-4-3-9-16-13/h3-4,9,11-12,15H,5-8,10H2,1-2H3. The number of hydrogen-bond acceptors (Lipinski definition) is 2. The lowest BCUT2D eigenvalue weighted by molar-refractivity contribution is -0.0345. The summed E-state index contributed by atoms with van der Waals surface area (Å²) in [5, 5.41) is 12.7. The van der Waals surface area contributed by atoms with Crippen molar-refractivity contribution in [2.24, 2.45) is 11.8 Å². The minimum atomic E-state index is -0.393. The normalized spacial score (nSPS) is 35.2. The first-order chi connectivity index (χ1) is 7.59. The predicted molar refractivity (Wildman–Crippen MR) is 69.8 cm³/mol. The first-order valence-corrected chi connectivity index (χ1v) is 7.22. The Morgan fingerprint density at radius 2 is 2.25 bits per heavy atom. The van der Waals surface area contributed by atoms with Gasteiger partial charge in [0.1, 0.15) is 0 Å². The highest BCUT2D eigenvalue weighted by atomic mass is 32.1. The van der Waals surface area contributed by atoms with Crippen LogP contribution in [0.15, 0.2) is 17.5 Å². The van der Waals surface area contributed by atoms with Gasteiger partial charge in [-0.3, -0.25) is 0 Å². The summed E-state index contributed by atoms with van der Waals surface area (Å²) in [4.78, 5) is 1.40. The van der Waals surface area contributed by atoms with Crippen molar-refractivity contribution in [1.29, 1.82) is 0 Å². The monoisotopic (exact) mass is 238 g/mol. The van der Waals surface area contributed by atoms with Crippen LogP contribution in [0.5, 0.6) is 0 Å². The lowest BCUT2D eigenvalue weighted by Crippen LogP contribution is -2.38. The molecule has 0 aromatic carbocycles. The van der Waals surface area contributed by atoms with E-state index in [-0.39, 0.29) is 0 Å². The molecule has 0 bridgehead atoms. The number of hydrogen-bond donors (Lipinski definition) is 1. The van der Waals surface area contributed by atoms with Gasteiger partial charge in [0.25, 0.3) is 0 Å². The second kappa shape index (κ2) is 4.89. The second-order valence-corrected chi connectivity index (χ2v) is 6.53. The summed E-state index contributed by atoms with van der Waals surface area (Å²) in [6.45, 7) is 4.59. The zero-order valence-electron chi connectivity index (χ0n) is 10.3. The van der Waals surface area contributed by atoms with Crippen molar-refractivity contribution in [2.75, 3.05) is 0 Å². The fourth-order valence-electron chi connectivity index (χ4n) is 2.72. The minimum absolute atomic E-state index is 0.393. The number of aryl methyl sites for hydroxylation is 1. The molecule has 1 saturated carbocycles. The van der Waals surface area contributed by atoms with Crippen LogP contribution < -0.4 is 0 Å². The number of rotatable bonds is 3. The van der Waals surface area contributed by atoms with E-state index < -0.39 is 5.60 Å². The number of aliphatic hydroxyl groups is 1. The van der Waals surface area contributed by atoms with Crippen molar-refractivity contribution in [3.8, 4) is 0 Å². The molecule has 0 amide bonds. The minimum Gasteiger partial charge on any atom is -0.390 e. The SMILES string of the molecule is CC1CCC(O)(CCc2cccs2)CC1C. The zero-order valence-corrected chi connectivity index (χ0v) is 11.1. The highest BCUT2D eigenvalue weighted by Crippen LogP contribution is 2.38. The van der Waals surface area contributed by atoms with Crippen LogP contribution in [0.4, 0.5) is 0 Å². The third kappa shape index (κ3) is 2.86. The maximum atomic E-state index is 10.6. The van der Waals surface area contributed by atoms with Gasteiger partial charge in [0.2, 0.25) is 0 Å². The Hall–Kier alpha value is -0.340. The molecule has 1 aromatic rings. The first-order valence-electron chi connectivity index (χ1n) is 6.34. The van der Waals surface area contributed by atoms with Crippen LogP contribution in [0.2, 0.25) is 0 Å². The quantitative estimate of drug-likeness (QED) is 0.847. The van der Waals surface area contributed by atoms with Gasteiger partial charge < -0.3 is 5.11 Å². The Labute approximate surface area is 103 Å². The highest BCUT2D eigenvalue weighted by Gasteiger charge is 2.35. The van der Waals surface area contributed by atoms with Crippen LogP contribution in [0.3, 0.4) is 0 Å². The Balaban J connectivity index is 1.88. The van der Waals surface area contributed by atoms with Gasteiger partial charge in [-0.05, 0) is 55.4 Å². The fraction of sp³-hybridized carbons (Fsp3) is 0.714. The molecule has 3 atom stereocenters. The van der Waals surface area contributed by atoms with Gasteiger partial charge in [-0.25, -0.2) is 0 Å². The van der Waals surface area contributed by atoms with Crippen LogP contribution in [-0.4, -0.2) is 10.7 Å². The third-order valence-electron chi connectivity index (χ3n) is 4.16. The molecule has 2 heteroatoms. The Kier molecular flexibility index (Phi) is 3.70. The van der Waals surface area contributed by atoms with E-state index in [1.807, 2.05) is 0 Å². The fourth-order valence-corrected chi connectivity index (χ4v) is 3.43. The molecule has 0 aliphatic heterocycles. The van der Waals surface area contributed by atoms with E-state index in [0.717, 1.165) is 31.6 Å². The van der Waals surface area contributed by atoms with Gasteiger partial charge in [0.05, 0.1) is 5.60 Å². The summed E-state index contributed by atoms with van der Waals surface area (Å²) in [5.74, 6) is 1.45. The Bertz CT molecular complexity index is 319. The van der Waals surface area contributed by atoms with E-state index in [1.54, 1.807) is 11.3 Å². The number of thiophene rings is 1. The van der Waals surface area contributed by atoms with Gasteiger partial charge in [-0.2, -0.15) is 0 Å². The van der Waals surface area contributed by atoms with Gasteiger partial charge in [0.15, 0.2) is 0 Å². The zero-order chi connectivity index (χ0) is 11.6. The Morgan fingerprint density at radius 3 is 2.88 bits per heavy atom. The summed E-state index contributed by atoms with van der Waals surface area (Å²) in [6, 6.07) is 4.26. The average Bonchev–Trinajstić information content (AvgIpc) is 2.75. The predicted octanol–water partition coefficient (Wildman–Crippen LogP) is 3.87. The van der Waals surface area contributed by atoms with Gasteiger partial charge in [-0.1, -0.05) is 19.9 Å². The van der Waals surface area contributed by atoms with Crippen LogP contribution in [0.25, 0.3) is 0 Å². The van der Waals surface area contributed by atoms with E-state index in [2.05, 4.69) is 31.4 Å². The summed E-state index contributed by atoms with van der Waals surface area (Å²) in [5.41, 5.74) is -0.393. The molecule has 1 aromatic heterocycles. The van der Waals surface area contributed by atoms with Crippen molar-refractivity contribution in [2.45, 2.75) is 51.6 Å². The molecule has 1 N–H and O–H groups in total. The molecule has 3 unspecified atom stereocenters. The maximum Gasteiger partial charge on any atom is 0.0654 e. The molecule has 1 aliphatic rings. The molecule has 0 spiro atoms. The lowest BCUT2D eigenvalue weighted by atomic mass is 9.71. The van der Waals surface area contributed by atoms with E-state index in [4.69, 9.17) is 0 Å². The molecular weight excluding hydrogens is 216 g/mol. The van der Waals surface area contributed by atoms with E-state index in [1.165, 1.54) is 11.3 Å². The van der Waals surface area contributed by atoms with Gasteiger partial charge >= 0.3 is 0 Å². The molecule has 1 heterocycles. The third-order valence-corrected chi connectivity index (χ3v) is 5.09. The van der Waals surface area contributed by atoms with E-state index in [0.29, 0.717) is 5.92 Å². The molecule has 2 rings (SSSR count). The van der Waals surface area contributed by atoms with Crippen molar-refractivity contribution >= 4 is 11.3 Å². The van der Waals surface area contributed by atoms with Gasteiger partial charge in [0, 0.05) is 4.88 Å². The molecule has 0 radical (unpaired) electrons. The summed E-state index contributed by atoms with van der Waals surface area (Å²) >= 11 is 1.80. The van der Waals surface area contributed by atoms with Crippen molar-refractivity contribution in [1.82, 2.24) is 0 Å². The molecule has 1 nitrogen and oxygen atoms in total. The molecule has 1 fully saturated rings. The first kappa shape index (κ1) is 12.1. The van der Waals surface area contributed by atoms with Crippen molar-refractivity contribution in [3.63, 3.8) is 0 Å². The van der Waals surface area contributed by atoms with E-state index >= 15 is 0 Å². The molecule has 1 aliphatic carbocycles. The topological polar surface area (TPSA) is 20.2 Å². The van der Waals surface area contributed by atoms with Crippen molar-refractivity contribution < 1.29 is 5.11 Å². The van der Waals surface area contributed by atoms with Crippen LogP contribution in [-0.2, 0) is 6.42 Å². The summed E-state index contributed by atoms with van der Waals surface area (Å²) in [6.07, 6.45) is 5.13.